The molecule has 1 aromatic heterocycles. The van der Waals surface area contributed by atoms with E-state index in [-0.39, 0.29) is 37.2 Å². The molecule has 4 N–H and O–H groups in total. The number of nitrogens with one attached hydrogen (secondary N) is 2. The zero-order chi connectivity index (χ0) is 54.8. The third-order valence-electron chi connectivity index (χ3n) is 11.7. The predicted molar refractivity (Wildman–Crippen MR) is 272 cm³/mol. The quantitative estimate of drug-likeness (QED) is 0.0360. The highest BCUT2D eigenvalue weighted by molar-refractivity contribution is 7.86. The minimum Gasteiger partial charge on any atom is -0.481 e. The summed E-state index contributed by atoms with van der Waals surface area (Å²) in [6.07, 6.45) is -0.730. The van der Waals surface area contributed by atoms with Gasteiger partial charge in [-0.25, -0.2) is 18.4 Å². The Hall–Kier alpha value is -5.51. The molecular weight excluding hydrogens is 973 g/mol. The zero-order valence-corrected chi connectivity index (χ0v) is 45.8. The number of Topliss-reactive ketones (excluding diaryl/α,β-unsaturated/α-hetero) is 1. The van der Waals surface area contributed by atoms with Gasteiger partial charge in [-0.2, -0.15) is 8.42 Å². The molecule has 400 valence electrons. The molecular formula is C51H75F2N5O12SSi. The normalized spacial score (nSPS) is 14.2. The number of carbonyl (C=O) groups is 6. The van der Waals surface area contributed by atoms with Gasteiger partial charge >= 0.3 is 18.0 Å². The number of carboxylic acids is 2. The minimum absolute atomic E-state index is 0.0300. The lowest BCUT2D eigenvalue weighted by molar-refractivity contribution is -0.172. The van der Waals surface area contributed by atoms with Gasteiger partial charge in [0.2, 0.25) is 5.91 Å². The van der Waals surface area contributed by atoms with Crippen LogP contribution in [0.25, 0.3) is 11.1 Å². The molecule has 0 fully saturated rings. The lowest BCUT2D eigenvalue weighted by Crippen LogP contribution is -2.71. The molecule has 0 aliphatic heterocycles. The van der Waals surface area contributed by atoms with E-state index < -0.39 is 132 Å². The van der Waals surface area contributed by atoms with Gasteiger partial charge in [0.15, 0.2) is 11.3 Å². The van der Waals surface area contributed by atoms with Crippen LogP contribution in [0.3, 0.4) is 0 Å². The molecule has 0 bridgehead atoms. The Bertz CT molecular complexity index is 2500. The molecule has 0 saturated carbocycles. The Morgan fingerprint density at radius 3 is 2.00 bits per heavy atom. The van der Waals surface area contributed by atoms with Crippen LogP contribution in [0.2, 0.25) is 25.7 Å². The summed E-state index contributed by atoms with van der Waals surface area (Å²) in [5.41, 5.74) is -3.77. The summed E-state index contributed by atoms with van der Waals surface area (Å²) < 4.78 is 66.9. The number of alkyl carbamates (subject to hydrolysis) is 1. The van der Waals surface area contributed by atoms with Crippen molar-refractivity contribution in [2.75, 3.05) is 32.6 Å². The van der Waals surface area contributed by atoms with Crippen LogP contribution in [0.4, 0.5) is 13.6 Å². The molecule has 72 heavy (non-hydrogen) atoms. The number of halogens is 2. The molecule has 0 radical (unpaired) electrons. The van der Waals surface area contributed by atoms with Gasteiger partial charge in [-0.15, -0.1) is 0 Å². The fourth-order valence-corrected chi connectivity index (χ4v) is 10.2. The van der Waals surface area contributed by atoms with Gasteiger partial charge in [0.1, 0.15) is 24.3 Å². The maximum absolute atomic E-state index is 15.4. The predicted octanol–water partition coefficient (Wildman–Crippen LogP) is 7.86. The molecule has 1 heterocycles. The summed E-state index contributed by atoms with van der Waals surface area (Å²) in [7, 11) is -5.87. The van der Waals surface area contributed by atoms with Crippen LogP contribution in [0.5, 0.6) is 0 Å². The van der Waals surface area contributed by atoms with Gasteiger partial charge in [0, 0.05) is 74.6 Å². The van der Waals surface area contributed by atoms with E-state index in [1.165, 1.54) is 9.80 Å². The van der Waals surface area contributed by atoms with Crippen molar-refractivity contribution in [1.82, 2.24) is 25.0 Å². The number of ether oxygens (including phenoxy) is 1. The average molecular weight is 1050 g/mol. The van der Waals surface area contributed by atoms with Crippen LogP contribution in [0.1, 0.15) is 105 Å². The van der Waals surface area contributed by atoms with E-state index in [0.717, 1.165) is 30.0 Å². The second-order valence-corrected chi connectivity index (χ2v) is 29.6. The van der Waals surface area contributed by atoms with E-state index in [4.69, 9.17) is 8.92 Å². The molecule has 17 nitrogen and oxygen atoms in total. The topological polar surface area (TPSA) is 231 Å². The average Bonchev–Trinajstić information content (AvgIpc) is 3.62. The summed E-state index contributed by atoms with van der Waals surface area (Å²) in [6.45, 7) is 20.4. The number of aliphatic carboxylic acids is 2. The zero-order valence-electron chi connectivity index (χ0n) is 44.0. The van der Waals surface area contributed by atoms with E-state index in [0.29, 0.717) is 11.7 Å². The van der Waals surface area contributed by atoms with Gasteiger partial charge in [-0.05, 0) is 95.7 Å². The SMILES string of the molecule is CC(C)(C)[C@H](c1cc(-c2cc(F)ccc2F)cn1Cc1ccccc1)N(CC[C@H](NC(=O)OCC[Si](C)(C)C)C(=O)NCCC(=O)C(CCC(=O)O)(C(=O)O)N(C(C)(C)C)C(C)(C)C)C(=O)COS(C)(=O)=O. The van der Waals surface area contributed by atoms with Crippen LogP contribution >= 0.6 is 0 Å². The molecule has 0 saturated heterocycles. The molecule has 21 heteroatoms. The van der Waals surface area contributed by atoms with E-state index >= 15 is 4.39 Å². The summed E-state index contributed by atoms with van der Waals surface area (Å²) in [6, 6.07) is 11.9. The van der Waals surface area contributed by atoms with Crippen LogP contribution in [-0.4, -0.2) is 132 Å². The second-order valence-electron chi connectivity index (χ2n) is 22.3. The van der Waals surface area contributed by atoms with Gasteiger partial charge in [0.05, 0.1) is 18.9 Å². The molecule has 0 aliphatic rings. The lowest BCUT2D eigenvalue weighted by Gasteiger charge is -2.54. The molecule has 3 amide bonds. The van der Waals surface area contributed by atoms with Crippen LogP contribution in [-0.2, 0) is 49.6 Å². The molecule has 0 aliphatic carbocycles. The monoisotopic (exact) mass is 1050 g/mol. The highest BCUT2D eigenvalue weighted by atomic mass is 32.2. The number of ketones is 1. The Morgan fingerprint density at radius 2 is 1.47 bits per heavy atom. The molecule has 3 aromatic rings. The summed E-state index contributed by atoms with van der Waals surface area (Å²) >= 11 is 0. The van der Waals surface area contributed by atoms with Crippen molar-refractivity contribution in [1.29, 1.82) is 0 Å². The van der Waals surface area contributed by atoms with Gasteiger partial charge < -0.3 is 35.1 Å². The summed E-state index contributed by atoms with van der Waals surface area (Å²) in [4.78, 5) is 84.6. The maximum Gasteiger partial charge on any atom is 0.407 e. The largest absolute Gasteiger partial charge is 0.481 e. The number of rotatable bonds is 25. The first-order valence-electron chi connectivity index (χ1n) is 23.8. The van der Waals surface area contributed by atoms with Crippen molar-refractivity contribution < 1.29 is 65.1 Å². The number of benzene rings is 2. The van der Waals surface area contributed by atoms with Crippen LogP contribution in [0, 0.1) is 17.0 Å². The first-order valence-corrected chi connectivity index (χ1v) is 29.3. The first-order chi connectivity index (χ1) is 33.0. The van der Waals surface area contributed by atoms with Crippen molar-refractivity contribution >= 4 is 53.8 Å². The Balaban J connectivity index is 2.18. The lowest BCUT2D eigenvalue weighted by atomic mass is 9.78. The standard InChI is InChI=1S/C51H75F2N5O12SSi/c1-48(2,3)44(40-29-35(37-30-36(52)19-20-38(37)53)32-56(40)31-34-17-15-14-16-18-34)57(42(60)33-70-71(10,67)68)26-23-39(55-47(66)69-27-28-72(11,12)13)45(63)54-25-22-41(59)51(46(64)65,24-21-43(61)62)58(49(4,5)6)50(7,8)9/h14-20,29-30,32,39,44H,21-28,31,33H2,1-13H3,(H,54,63)(H,55,66)(H,61,62)(H,64,65)/t39-,44-,51?/m0/s1. The van der Waals surface area contributed by atoms with Crippen molar-refractivity contribution in [2.45, 2.75) is 149 Å². The van der Waals surface area contributed by atoms with Gasteiger partial charge in [0.25, 0.3) is 16.0 Å². The Kier molecular flexibility index (Phi) is 20.7. The van der Waals surface area contributed by atoms with Crippen molar-refractivity contribution in [3.05, 3.63) is 83.7 Å². The minimum atomic E-state index is -4.17. The van der Waals surface area contributed by atoms with E-state index in [2.05, 4.69) is 30.3 Å². The maximum atomic E-state index is 15.4. The van der Waals surface area contributed by atoms with Crippen LogP contribution < -0.4 is 10.6 Å². The third kappa shape index (κ3) is 17.6. The number of hydrogen-bond donors (Lipinski definition) is 4. The Morgan fingerprint density at radius 1 is 0.861 bits per heavy atom. The number of carbonyl (C=O) groups excluding carboxylic acids is 4. The number of hydrogen-bond acceptors (Lipinski definition) is 11. The number of aromatic nitrogens is 1. The van der Waals surface area contributed by atoms with Gasteiger partial charge in [-0.1, -0.05) is 70.7 Å². The smallest absolute Gasteiger partial charge is 0.407 e. The van der Waals surface area contributed by atoms with E-state index in [1.54, 1.807) is 79.1 Å². The fourth-order valence-electron chi connectivity index (χ4n) is 9.19. The molecule has 3 rings (SSSR count). The molecule has 3 atom stereocenters. The summed E-state index contributed by atoms with van der Waals surface area (Å²) in [5.74, 6) is -6.86. The van der Waals surface area contributed by atoms with E-state index in [1.807, 2.05) is 30.3 Å². The molecule has 2 aromatic carbocycles. The van der Waals surface area contributed by atoms with Crippen molar-refractivity contribution in [3.63, 3.8) is 0 Å². The highest BCUT2D eigenvalue weighted by Crippen LogP contribution is 2.42. The van der Waals surface area contributed by atoms with Crippen molar-refractivity contribution in [2.24, 2.45) is 5.41 Å². The highest BCUT2D eigenvalue weighted by Gasteiger charge is 2.57. The van der Waals surface area contributed by atoms with Crippen molar-refractivity contribution in [3.8, 4) is 11.1 Å². The number of amides is 3. The second kappa shape index (κ2) is 24.5. The fraction of sp³-hybridized carbons (Fsp3) is 0.569. The first kappa shape index (κ1) is 60.8. The van der Waals surface area contributed by atoms with Crippen LogP contribution in [0.15, 0.2) is 60.8 Å². The number of nitrogens with zero attached hydrogens (tertiary/aromatic N) is 3. The third-order valence-corrected chi connectivity index (χ3v) is 14.0. The van der Waals surface area contributed by atoms with E-state index in [9.17, 15) is 51.8 Å². The van der Waals surface area contributed by atoms with Gasteiger partial charge in [-0.3, -0.25) is 28.3 Å². The summed E-state index contributed by atoms with van der Waals surface area (Å²) in [5, 5.41) is 25.7. The Labute approximate surface area is 424 Å². The molecule has 0 spiro atoms. The number of carboxylic acid groups (broad SMARTS) is 2. The molecule has 1 unspecified atom stereocenters.